The number of carbonyl (C=O) groups excluding carboxylic acids is 1. The fourth-order valence-corrected chi connectivity index (χ4v) is 2.11. The predicted molar refractivity (Wildman–Crippen MR) is 80.1 cm³/mol. The van der Waals surface area contributed by atoms with Gasteiger partial charge in [0.15, 0.2) is 0 Å². The van der Waals surface area contributed by atoms with Crippen LogP contribution in [0.25, 0.3) is 0 Å². The third kappa shape index (κ3) is 4.22. The monoisotopic (exact) mass is 282 g/mol. The smallest absolute Gasteiger partial charge is 0.224 e. The van der Waals surface area contributed by atoms with Gasteiger partial charge in [0.25, 0.3) is 0 Å². The van der Waals surface area contributed by atoms with Gasteiger partial charge >= 0.3 is 0 Å². The molecule has 4 heteroatoms. The van der Waals surface area contributed by atoms with Gasteiger partial charge < -0.3 is 10.6 Å². The predicted octanol–water partition coefficient (Wildman–Crippen LogP) is 3.23. The lowest BCUT2D eigenvalue weighted by Gasteiger charge is -2.28. The molecule has 0 bridgehead atoms. The molecule has 0 aliphatic heterocycles. The van der Waals surface area contributed by atoms with Gasteiger partial charge in [0.2, 0.25) is 5.91 Å². The normalized spacial score (nSPS) is 14.3. The van der Waals surface area contributed by atoms with Gasteiger partial charge in [-0.2, -0.15) is 0 Å². The molecule has 2 N–H and O–H groups in total. The molecule has 0 heterocycles. The molecule has 0 aromatic heterocycles. The van der Waals surface area contributed by atoms with E-state index in [1.807, 2.05) is 45.0 Å². The van der Waals surface area contributed by atoms with Crippen molar-refractivity contribution in [3.63, 3.8) is 0 Å². The van der Waals surface area contributed by atoms with Crippen molar-refractivity contribution in [1.29, 1.82) is 0 Å². The standard InChI is InChI=1S/C15H23ClN2O/c1-10(2)14(17)9-15(19)18(4)11(3)12-7-5-6-8-13(12)16/h5-8,10-11,14H,9,17H2,1-4H3. The van der Waals surface area contributed by atoms with Crippen LogP contribution in [0, 0.1) is 5.92 Å². The van der Waals surface area contributed by atoms with E-state index < -0.39 is 0 Å². The number of nitrogens with zero attached hydrogens (tertiary/aromatic N) is 1. The van der Waals surface area contributed by atoms with Crippen LogP contribution < -0.4 is 5.73 Å². The molecule has 2 unspecified atom stereocenters. The molecule has 0 aliphatic carbocycles. The Balaban J connectivity index is 2.75. The van der Waals surface area contributed by atoms with E-state index >= 15 is 0 Å². The van der Waals surface area contributed by atoms with Crippen LogP contribution in [-0.4, -0.2) is 23.9 Å². The van der Waals surface area contributed by atoms with Crippen LogP contribution in [0.1, 0.15) is 38.8 Å². The number of hydrogen-bond donors (Lipinski definition) is 1. The first-order valence-electron chi connectivity index (χ1n) is 6.60. The van der Waals surface area contributed by atoms with Crippen LogP contribution in [0.5, 0.6) is 0 Å². The Bertz CT molecular complexity index is 434. The van der Waals surface area contributed by atoms with Gasteiger partial charge in [-0.15, -0.1) is 0 Å². The maximum atomic E-state index is 12.2. The average molecular weight is 283 g/mol. The van der Waals surface area contributed by atoms with Gasteiger partial charge in [0.1, 0.15) is 0 Å². The first kappa shape index (κ1) is 16.0. The molecule has 1 amide bonds. The molecule has 0 radical (unpaired) electrons. The summed E-state index contributed by atoms with van der Waals surface area (Å²) in [7, 11) is 1.80. The molecule has 0 aliphatic rings. The van der Waals surface area contributed by atoms with E-state index in [1.54, 1.807) is 11.9 Å². The number of halogens is 1. The number of hydrogen-bond acceptors (Lipinski definition) is 2. The molecule has 2 atom stereocenters. The fraction of sp³-hybridized carbons (Fsp3) is 0.533. The van der Waals surface area contributed by atoms with Crippen molar-refractivity contribution in [2.24, 2.45) is 11.7 Å². The molecule has 1 rings (SSSR count). The lowest BCUT2D eigenvalue weighted by molar-refractivity contribution is -0.132. The molecule has 0 saturated heterocycles. The van der Waals surface area contributed by atoms with E-state index in [1.165, 1.54) is 0 Å². The third-order valence-electron chi connectivity index (χ3n) is 3.60. The highest BCUT2D eigenvalue weighted by atomic mass is 35.5. The summed E-state index contributed by atoms with van der Waals surface area (Å²) in [6.45, 7) is 6.02. The third-order valence-corrected chi connectivity index (χ3v) is 3.94. The number of benzene rings is 1. The molecule has 1 aromatic carbocycles. The summed E-state index contributed by atoms with van der Waals surface area (Å²) in [4.78, 5) is 13.9. The Kier molecular flexibility index (Phi) is 5.83. The Morgan fingerprint density at radius 2 is 1.89 bits per heavy atom. The Morgan fingerprint density at radius 1 is 1.32 bits per heavy atom. The quantitative estimate of drug-likeness (QED) is 0.901. The lowest BCUT2D eigenvalue weighted by atomic mass is 10.0. The minimum atomic E-state index is -0.103. The van der Waals surface area contributed by atoms with Crippen molar-refractivity contribution >= 4 is 17.5 Å². The lowest BCUT2D eigenvalue weighted by Crippen LogP contribution is -2.37. The van der Waals surface area contributed by atoms with Gasteiger partial charge in [-0.3, -0.25) is 4.79 Å². The molecule has 1 aromatic rings. The Labute approximate surface area is 120 Å². The molecular formula is C15H23ClN2O. The van der Waals surface area contributed by atoms with Crippen molar-refractivity contribution < 1.29 is 4.79 Å². The first-order chi connectivity index (χ1) is 8.84. The van der Waals surface area contributed by atoms with Crippen molar-refractivity contribution in [1.82, 2.24) is 4.90 Å². The Morgan fingerprint density at radius 3 is 2.42 bits per heavy atom. The molecule has 19 heavy (non-hydrogen) atoms. The maximum Gasteiger partial charge on any atom is 0.224 e. The van der Waals surface area contributed by atoms with Gasteiger partial charge in [-0.1, -0.05) is 43.6 Å². The number of rotatable bonds is 5. The zero-order chi connectivity index (χ0) is 14.6. The molecule has 0 spiro atoms. The summed E-state index contributed by atoms with van der Waals surface area (Å²) in [5.41, 5.74) is 6.91. The van der Waals surface area contributed by atoms with Crippen molar-refractivity contribution in [3.8, 4) is 0 Å². The minimum absolute atomic E-state index is 0.0496. The second-order valence-electron chi connectivity index (χ2n) is 5.31. The zero-order valence-electron chi connectivity index (χ0n) is 12.1. The summed E-state index contributed by atoms with van der Waals surface area (Å²) in [5, 5.41) is 0.683. The highest BCUT2D eigenvalue weighted by Crippen LogP contribution is 2.26. The molecular weight excluding hydrogens is 260 g/mol. The second-order valence-corrected chi connectivity index (χ2v) is 5.72. The molecule has 0 fully saturated rings. The van der Waals surface area contributed by atoms with Crippen LogP contribution in [0.3, 0.4) is 0 Å². The first-order valence-corrected chi connectivity index (χ1v) is 6.98. The second kappa shape index (κ2) is 6.92. The van der Waals surface area contributed by atoms with E-state index in [0.29, 0.717) is 17.4 Å². The van der Waals surface area contributed by atoms with Crippen LogP contribution in [0.4, 0.5) is 0 Å². The van der Waals surface area contributed by atoms with E-state index in [9.17, 15) is 4.79 Å². The fourth-order valence-electron chi connectivity index (χ4n) is 1.82. The Hall–Kier alpha value is -1.06. The SMILES string of the molecule is CC(C)C(N)CC(=O)N(C)C(C)c1ccccc1Cl. The van der Waals surface area contributed by atoms with E-state index in [4.69, 9.17) is 17.3 Å². The largest absolute Gasteiger partial charge is 0.339 e. The molecule has 106 valence electrons. The summed E-state index contributed by atoms with van der Waals surface area (Å²) in [5.74, 6) is 0.349. The summed E-state index contributed by atoms with van der Waals surface area (Å²) < 4.78 is 0. The van der Waals surface area contributed by atoms with Gasteiger partial charge in [-0.25, -0.2) is 0 Å². The van der Waals surface area contributed by atoms with E-state index in [-0.39, 0.29) is 18.0 Å². The van der Waals surface area contributed by atoms with Crippen molar-refractivity contribution in [2.45, 2.75) is 39.3 Å². The van der Waals surface area contributed by atoms with Crippen LogP contribution >= 0.6 is 11.6 Å². The highest BCUT2D eigenvalue weighted by Gasteiger charge is 2.21. The summed E-state index contributed by atoms with van der Waals surface area (Å²) >= 11 is 6.16. The number of carbonyl (C=O) groups is 1. The van der Waals surface area contributed by atoms with E-state index in [2.05, 4.69) is 0 Å². The average Bonchev–Trinajstić information content (AvgIpc) is 2.37. The number of amides is 1. The van der Waals surface area contributed by atoms with Crippen LogP contribution in [-0.2, 0) is 4.79 Å². The summed E-state index contributed by atoms with van der Waals surface area (Å²) in [6.07, 6.45) is 0.364. The van der Waals surface area contributed by atoms with Crippen LogP contribution in [0.2, 0.25) is 5.02 Å². The van der Waals surface area contributed by atoms with Gasteiger partial charge in [-0.05, 0) is 24.5 Å². The van der Waals surface area contributed by atoms with Gasteiger partial charge in [0.05, 0.1) is 6.04 Å². The molecule has 3 nitrogen and oxygen atoms in total. The van der Waals surface area contributed by atoms with Crippen molar-refractivity contribution in [2.75, 3.05) is 7.05 Å². The van der Waals surface area contributed by atoms with Crippen molar-refractivity contribution in [3.05, 3.63) is 34.9 Å². The van der Waals surface area contributed by atoms with E-state index in [0.717, 1.165) is 5.56 Å². The maximum absolute atomic E-state index is 12.2. The zero-order valence-corrected chi connectivity index (χ0v) is 12.8. The topological polar surface area (TPSA) is 46.3 Å². The minimum Gasteiger partial charge on any atom is -0.339 e. The number of nitrogens with two attached hydrogens (primary N) is 1. The van der Waals surface area contributed by atoms with Gasteiger partial charge in [0, 0.05) is 24.5 Å². The van der Waals surface area contributed by atoms with Crippen LogP contribution in [0.15, 0.2) is 24.3 Å². The summed E-state index contributed by atoms with van der Waals surface area (Å²) in [6, 6.07) is 7.43. The molecule has 0 saturated carbocycles. The highest BCUT2D eigenvalue weighted by molar-refractivity contribution is 6.31.